The average Bonchev–Trinajstić information content (AvgIpc) is 3.11. The van der Waals surface area contributed by atoms with Gasteiger partial charge in [0.25, 0.3) is 0 Å². The van der Waals surface area contributed by atoms with E-state index in [-0.39, 0.29) is 5.75 Å². The molecule has 8 nitrogen and oxygen atoms in total. The topological polar surface area (TPSA) is 99.0 Å². The van der Waals surface area contributed by atoms with Gasteiger partial charge in [-0.15, -0.1) is 0 Å². The lowest BCUT2D eigenvalue weighted by atomic mass is 10.3. The van der Waals surface area contributed by atoms with E-state index in [0.29, 0.717) is 23.1 Å². The molecule has 24 heavy (non-hydrogen) atoms. The van der Waals surface area contributed by atoms with E-state index < -0.39 is 10.0 Å². The number of sulfonamides is 1. The van der Waals surface area contributed by atoms with Crippen LogP contribution in [0.15, 0.2) is 55.4 Å². The molecule has 0 unspecified atom stereocenters. The van der Waals surface area contributed by atoms with Crippen LogP contribution in [0.4, 0.5) is 5.69 Å². The van der Waals surface area contributed by atoms with E-state index in [9.17, 15) is 8.42 Å². The van der Waals surface area contributed by atoms with Crippen molar-refractivity contribution < 1.29 is 13.2 Å². The molecule has 0 radical (unpaired) electrons. The maximum atomic E-state index is 11.5. The van der Waals surface area contributed by atoms with Crippen molar-refractivity contribution >= 4 is 15.7 Å². The van der Waals surface area contributed by atoms with Crippen molar-refractivity contribution in [3.05, 3.63) is 55.4 Å². The number of nitrogens with zero attached hydrogens (tertiary/aromatic N) is 4. The lowest BCUT2D eigenvalue weighted by Gasteiger charge is -2.08. The third-order valence-corrected chi connectivity index (χ3v) is 4.43. The Hall–Kier alpha value is -2.94. The number of benzene rings is 1. The standard InChI is InChI=1S/C15H15N5O3S/c1-2-24(21,22)19-12-3-5-13(6-4-12)23-15-9-14(17-10-18-15)20-8-7-16-11-20/h3-11,19H,2H2,1H3. The summed E-state index contributed by atoms with van der Waals surface area (Å²) in [5, 5.41) is 0. The van der Waals surface area contributed by atoms with Gasteiger partial charge >= 0.3 is 0 Å². The second kappa shape index (κ2) is 6.67. The van der Waals surface area contributed by atoms with Crippen molar-refractivity contribution in [1.29, 1.82) is 0 Å². The van der Waals surface area contributed by atoms with Crippen molar-refractivity contribution in [2.75, 3.05) is 10.5 Å². The zero-order valence-corrected chi connectivity index (χ0v) is 13.6. The van der Waals surface area contributed by atoms with Gasteiger partial charge in [-0.25, -0.2) is 23.4 Å². The highest BCUT2D eigenvalue weighted by atomic mass is 32.2. The van der Waals surface area contributed by atoms with E-state index in [1.165, 1.54) is 6.33 Å². The fourth-order valence-electron chi connectivity index (χ4n) is 1.89. The Bertz CT molecular complexity index is 909. The Labute approximate surface area is 139 Å². The van der Waals surface area contributed by atoms with E-state index in [2.05, 4.69) is 19.7 Å². The van der Waals surface area contributed by atoms with Crippen LogP contribution in [0.25, 0.3) is 5.82 Å². The van der Waals surface area contributed by atoms with E-state index >= 15 is 0 Å². The van der Waals surface area contributed by atoms with Crippen LogP contribution in [0.1, 0.15) is 6.92 Å². The monoisotopic (exact) mass is 345 g/mol. The van der Waals surface area contributed by atoms with Crippen molar-refractivity contribution in [2.24, 2.45) is 0 Å². The highest BCUT2D eigenvalue weighted by Gasteiger charge is 2.07. The molecule has 0 bridgehead atoms. The van der Waals surface area contributed by atoms with E-state index in [0.717, 1.165) is 0 Å². The van der Waals surface area contributed by atoms with Crippen molar-refractivity contribution in [3.63, 3.8) is 0 Å². The van der Waals surface area contributed by atoms with Gasteiger partial charge in [-0.2, -0.15) is 0 Å². The van der Waals surface area contributed by atoms with Gasteiger partial charge < -0.3 is 4.74 Å². The van der Waals surface area contributed by atoms with Crippen LogP contribution < -0.4 is 9.46 Å². The summed E-state index contributed by atoms with van der Waals surface area (Å²) in [4.78, 5) is 12.2. The molecule has 1 N–H and O–H groups in total. The second-order valence-electron chi connectivity index (χ2n) is 4.82. The minimum atomic E-state index is -3.30. The highest BCUT2D eigenvalue weighted by molar-refractivity contribution is 7.92. The Kier molecular flexibility index (Phi) is 4.43. The van der Waals surface area contributed by atoms with E-state index in [4.69, 9.17) is 4.74 Å². The number of ether oxygens (including phenoxy) is 1. The Morgan fingerprint density at radius 3 is 2.67 bits per heavy atom. The number of rotatable bonds is 6. The first kappa shape index (κ1) is 15.9. The van der Waals surface area contributed by atoms with Gasteiger partial charge in [0.2, 0.25) is 15.9 Å². The van der Waals surface area contributed by atoms with Crippen LogP contribution in [-0.4, -0.2) is 33.7 Å². The SMILES string of the molecule is CCS(=O)(=O)Nc1ccc(Oc2cc(-n3ccnc3)ncn2)cc1. The lowest BCUT2D eigenvalue weighted by Crippen LogP contribution is -2.14. The number of imidazole rings is 1. The molecule has 0 atom stereocenters. The largest absolute Gasteiger partial charge is 0.439 e. The first-order chi connectivity index (χ1) is 11.6. The number of hydrogen-bond acceptors (Lipinski definition) is 6. The first-order valence-corrected chi connectivity index (χ1v) is 8.80. The van der Waals surface area contributed by atoms with Gasteiger partial charge in [0, 0.05) is 24.1 Å². The summed E-state index contributed by atoms with van der Waals surface area (Å²) >= 11 is 0. The molecule has 0 saturated heterocycles. The van der Waals surface area contributed by atoms with E-state index in [1.807, 2.05) is 0 Å². The van der Waals surface area contributed by atoms with Crippen LogP contribution in [-0.2, 0) is 10.0 Å². The molecule has 124 valence electrons. The molecule has 0 aliphatic rings. The molecule has 0 aliphatic heterocycles. The van der Waals surface area contributed by atoms with Crippen LogP contribution in [0.3, 0.4) is 0 Å². The molecule has 1 aromatic carbocycles. The summed E-state index contributed by atoms with van der Waals surface area (Å²) in [6.07, 6.45) is 6.44. The second-order valence-corrected chi connectivity index (χ2v) is 6.83. The fourth-order valence-corrected chi connectivity index (χ4v) is 2.52. The summed E-state index contributed by atoms with van der Waals surface area (Å²) in [6, 6.07) is 8.25. The van der Waals surface area contributed by atoms with Gasteiger partial charge in [0.15, 0.2) is 0 Å². The maximum Gasteiger partial charge on any atom is 0.232 e. The summed E-state index contributed by atoms with van der Waals surface area (Å²) in [6.45, 7) is 1.58. The molecule has 3 rings (SSSR count). The number of nitrogens with one attached hydrogen (secondary N) is 1. The molecule has 3 aromatic rings. The third-order valence-electron chi connectivity index (χ3n) is 3.13. The van der Waals surface area contributed by atoms with Gasteiger partial charge in [-0.1, -0.05) is 0 Å². The number of anilines is 1. The van der Waals surface area contributed by atoms with Crippen molar-refractivity contribution in [1.82, 2.24) is 19.5 Å². The summed E-state index contributed by atoms with van der Waals surface area (Å²) in [7, 11) is -3.30. The zero-order chi connectivity index (χ0) is 17.0. The van der Waals surface area contributed by atoms with Crippen molar-refractivity contribution in [2.45, 2.75) is 6.92 Å². The van der Waals surface area contributed by atoms with Crippen molar-refractivity contribution in [3.8, 4) is 17.4 Å². The fraction of sp³-hybridized carbons (Fsp3) is 0.133. The zero-order valence-electron chi connectivity index (χ0n) is 12.8. The van der Waals surface area contributed by atoms with Crippen LogP contribution in [0.2, 0.25) is 0 Å². The highest BCUT2D eigenvalue weighted by Crippen LogP contribution is 2.22. The van der Waals surface area contributed by atoms with E-state index in [1.54, 1.807) is 60.5 Å². The Balaban J connectivity index is 1.74. The summed E-state index contributed by atoms with van der Waals surface area (Å²) < 4.78 is 32.9. The molecule has 0 amide bonds. The lowest BCUT2D eigenvalue weighted by molar-refractivity contribution is 0.461. The predicted octanol–water partition coefficient (Wildman–Crippen LogP) is 2.22. The molecular weight excluding hydrogens is 330 g/mol. The predicted molar refractivity (Wildman–Crippen MR) is 88.8 cm³/mol. The first-order valence-electron chi connectivity index (χ1n) is 7.14. The van der Waals surface area contributed by atoms with Gasteiger partial charge in [0.05, 0.1) is 5.75 Å². The van der Waals surface area contributed by atoms with Gasteiger partial charge in [-0.3, -0.25) is 9.29 Å². The number of hydrogen-bond donors (Lipinski definition) is 1. The molecule has 0 spiro atoms. The van der Waals surface area contributed by atoms with Gasteiger partial charge in [-0.05, 0) is 31.2 Å². The van der Waals surface area contributed by atoms with Crippen LogP contribution in [0, 0.1) is 0 Å². The molecule has 0 aliphatic carbocycles. The normalized spacial score (nSPS) is 11.2. The molecule has 0 fully saturated rings. The molecule has 2 aromatic heterocycles. The molecule has 0 saturated carbocycles. The van der Waals surface area contributed by atoms with Gasteiger partial charge in [0.1, 0.15) is 24.2 Å². The average molecular weight is 345 g/mol. The molecule has 9 heteroatoms. The minimum absolute atomic E-state index is 0.0171. The smallest absolute Gasteiger partial charge is 0.232 e. The molecule has 2 heterocycles. The maximum absolute atomic E-state index is 11.5. The Morgan fingerprint density at radius 2 is 2.00 bits per heavy atom. The number of aromatic nitrogens is 4. The Morgan fingerprint density at radius 1 is 1.21 bits per heavy atom. The summed E-state index contributed by atoms with van der Waals surface area (Å²) in [5.74, 6) is 1.55. The summed E-state index contributed by atoms with van der Waals surface area (Å²) in [5.41, 5.74) is 0.478. The minimum Gasteiger partial charge on any atom is -0.439 e. The van der Waals surface area contributed by atoms with Crippen LogP contribution in [0.5, 0.6) is 11.6 Å². The molecular formula is C15H15N5O3S. The third kappa shape index (κ3) is 3.87. The van der Waals surface area contributed by atoms with Crippen LogP contribution >= 0.6 is 0 Å². The quantitative estimate of drug-likeness (QED) is 0.735.